The van der Waals surface area contributed by atoms with Crippen molar-refractivity contribution in [2.75, 3.05) is 4.90 Å². The standard InChI is InChI=1S/C48H37NO/c1-47(2)39-17-10-8-15-34(39)36-25-22-32(28-41(36)47)49(33-23-26-37-35-16-9-11-18-40(35)48(3,4)42(37)29-33)43-19-12-20-44-46(43)38-24-21-31(27-45(38)50-44)30-13-6-5-7-14-30/h5-29H,1-4H3. The maximum atomic E-state index is 6.65. The Hall–Kier alpha value is -5.86. The summed E-state index contributed by atoms with van der Waals surface area (Å²) in [5.74, 6) is 0. The van der Waals surface area contributed by atoms with Gasteiger partial charge in [-0.3, -0.25) is 0 Å². The van der Waals surface area contributed by atoms with E-state index in [1.54, 1.807) is 0 Å². The van der Waals surface area contributed by atoms with Gasteiger partial charge in [-0.2, -0.15) is 0 Å². The Kier molecular flexibility index (Phi) is 6.01. The van der Waals surface area contributed by atoms with Crippen molar-refractivity contribution in [3.63, 3.8) is 0 Å². The van der Waals surface area contributed by atoms with Crippen molar-refractivity contribution in [2.45, 2.75) is 38.5 Å². The molecular formula is C48H37NO. The highest BCUT2D eigenvalue weighted by atomic mass is 16.3. The van der Waals surface area contributed by atoms with Crippen LogP contribution in [0.2, 0.25) is 0 Å². The maximum absolute atomic E-state index is 6.65. The van der Waals surface area contributed by atoms with Gasteiger partial charge in [0.2, 0.25) is 0 Å². The third kappa shape index (κ3) is 4.02. The van der Waals surface area contributed by atoms with E-state index in [4.69, 9.17) is 4.42 Å². The van der Waals surface area contributed by atoms with Crippen LogP contribution in [0.3, 0.4) is 0 Å². The summed E-state index contributed by atoms with van der Waals surface area (Å²) in [6, 6.07) is 55.5. The lowest BCUT2D eigenvalue weighted by Gasteiger charge is -2.30. The number of fused-ring (bicyclic) bond motifs is 9. The van der Waals surface area contributed by atoms with E-state index in [9.17, 15) is 0 Å². The van der Waals surface area contributed by atoms with E-state index in [1.807, 2.05) is 0 Å². The van der Waals surface area contributed by atoms with E-state index in [0.29, 0.717) is 0 Å². The van der Waals surface area contributed by atoms with Crippen molar-refractivity contribution in [1.29, 1.82) is 0 Å². The second-order valence-corrected chi connectivity index (χ2v) is 15.0. The Labute approximate surface area is 293 Å². The smallest absolute Gasteiger partial charge is 0.137 e. The third-order valence-corrected chi connectivity index (χ3v) is 11.5. The molecule has 0 saturated heterocycles. The predicted molar refractivity (Wildman–Crippen MR) is 209 cm³/mol. The normalized spacial score (nSPS) is 14.7. The van der Waals surface area contributed by atoms with E-state index in [1.165, 1.54) is 50.1 Å². The molecule has 0 amide bonds. The van der Waals surface area contributed by atoms with Crippen LogP contribution in [0.15, 0.2) is 156 Å². The van der Waals surface area contributed by atoms with Crippen molar-refractivity contribution in [1.82, 2.24) is 0 Å². The highest BCUT2D eigenvalue weighted by molar-refractivity contribution is 6.14. The highest BCUT2D eigenvalue weighted by Gasteiger charge is 2.38. The largest absolute Gasteiger partial charge is 0.456 e. The molecule has 7 aromatic carbocycles. The average molecular weight is 644 g/mol. The van der Waals surface area contributed by atoms with Crippen LogP contribution in [0.4, 0.5) is 17.1 Å². The third-order valence-electron chi connectivity index (χ3n) is 11.5. The molecule has 2 aliphatic rings. The van der Waals surface area contributed by atoms with Crippen LogP contribution in [0, 0.1) is 0 Å². The summed E-state index contributed by atoms with van der Waals surface area (Å²) in [6.45, 7) is 9.43. The average Bonchev–Trinajstić information content (AvgIpc) is 3.72. The number of benzene rings is 7. The second-order valence-electron chi connectivity index (χ2n) is 15.0. The van der Waals surface area contributed by atoms with Gasteiger partial charge in [0.25, 0.3) is 0 Å². The van der Waals surface area contributed by atoms with Crippen molar-refractivity contribution < 1.29 is 4.42 Å². The summed E-state index contributed by atoms with van der Waals surface area (Å²) in [6.07, 6.45) is 0. The Balaban J connectivity index is 1.21. The van der Waals surface area contributed by atoms with Crippen LogP contribution in [-0.2, 0) is 10.8 Å². The van der Waals surface area contributed by atoms with Gasteiger partial charge in [-0.05, 0) is 104 Å². The van der Waals surface area contributed by atoms with Crippen LogP contribution in [0.1, 0.15) is 49.9 Å². The van der Waals surface area contributed by atoms with Gasteiger partial charge in [0.1, 0.15) is 11.2 Å². The summed E-state index contributed by atoms with van der Waals surface area (Å²) < 4.78 is 6.65. The molecule has 0 N–H and O–H groups in total. The molecule has 8 aromatic rings. The van der Waals surface area contributed by atoms with Gasteiger partial charge >= 0.3 is 0 Å². The summed E-state index contributed by atoms with van der Waals surface area (Å²) in [4.78, 5) is 2.46. The molecule has 0 aliphatic heterocycles. The Bertz CT molecular complexity index is 2550. The molecule has 1 aromatic heterocycles. The van der Waals surface area contributed by atoms with Crippen molar-refractivity contribution in [3.05, 3.63) is 174 Å². The van der Waals surface area contributed by atoms with Gasteiger partial charge in [-0.1, -0.05) is 131 Å². The van der Waals surface area contributed by atoms with E-state index >= 15 is 0 Å². The molecule has 2 nitrogen and oxygen atoms in total. The zero-order chi connectivity index (χ0) is 33.8. The van der Waals surface area contributed by atoms with E-state index in [2.05, 4.69) is 184 Å². The molecule has 0 bridgehead atoms. The van der Waals surface area contributed by atoms with E-state index < -0.39 is 0 Å². The number of furan rings is 1. The van der Waals surface area contributed by atoms with Crippen LogP contribution in [0.25, 0.3) is 55.3 Å². The van der Waals surface area contributed by atoms with Crippen molar-refractivity contribution in [2.24, 2.45) is 0 Å². The molecule has 2 aliphatic carbocycles. The molecule has 0 saturated carbocycles. The van der Waals surface area contributed by atoms with Gasteiger partial charge in [-0.25, -0.2) is 0 Å². The SMILES string of the molecule is CC1(C)c2ccccc2-c2ccc(N(c3ccc4c(c3)C(C)(C)c3ccccc3-4)c3cccc4oc5cc(-c6ccccc6)ccc5c34)cc21. The minimum Gasteiger partial charge on any atom is -0.456 e. The first-order valence-corrected chi connectivity index (χ1v) is 17.6. The van der Waals surface area contributed by atoms with Crippen molar-refractivity contribution in [3.8, 4) is 33.4 Å². The van der Waals surface area contributed by atoms with E-state index in [0.717, 1.165) is 44.6 Å². The van der Waals surface area contributed by atoms with Crippen LogP contribution in [-0.4, -0.2) is 0 Å². The minimum atomic E-state index is -0.114. The number of hydrogen-bond acceptors (Lipinski definition) is 2. The Morgan fingerprint density at radius 2 is 0.980 bits per heavy atom. The first kappa shape index (κ1) is 29.1. The fourth-order valence-corrected chi connectivity index (χ4v) is 8.89. The molecule has 0 radical (unpaired) electrons. The molecule has 0 spiro atoms. The second kappa shape index (κ2) is 10.3. The summed E-state index contributed by atoms with van der Waals surface area (Å²) in [5.41, 5.74) is 18.0. The summed E-state index contributed by atoms with van der Waals surface area (Å²) in [7, 11) is 0. The minimum absolute atomic E-state index is 0.114. The van der Waals surface area contributed by atoms with Crippen molar-refractivity contribution >= 4 is 39.0 Å². The number of hydrogen-bond donors (Lipinski definition) is 0. The lowest BCUT2D eigenvalue weighted by molar-refractivity contribution is 0.660. The molecule has 50 heavy (non-hydrogen) atoms. The zero-order valence-electron chi connectivity index (χ0n) is 28.8. The molecule has 0 atom stereocenters. The molecular weight excluding hydrogens is 607 g/mol. The number of anilines is 3. The highest BCUT2D eigenvalue weighted by Crippen LogP contribution is 2.54. The van der Waals surface area contributed by atoms with Gasteiger partial charge in [-0.15, -0.1) is 0 Å². The van der Waals surface area contributed by atoms with E-state index in [-0.39, 0.29) is 10.8 Å². The molecule has 2 heteroatoms. The molecule has 1 heterocycles. The first-order valence-electron chi connectivity index (χ1n) is 17.6. The molecule has 240 valence electrons. The van der Waals surface area contributed by atoms with Crippen LogP contribution in [0.5, 0.6) is 0 Å². The summed E-state index contributed by atoms with van der Waals surface area (Å²) in [5, 5.41) is 2.23. The summed E-state index contributed by atoms with van der Waals surface area (Å²) >= 11 is 0. The quantitative estimate of drug-likeness (QED) is 0.190. The van der Waals surface area contributed by atoms with Crippen LogP contribution >= 0.6 is 0 Å². The van der Waals surface area contributed by atoms with Gasteiger partial charge < -0.3 is 9.32 Å². The molecule has 10 rings (SSSR count). The number of nitrogens with zero attached hydrogens (tertiary/aromatic N) is 1. The lowest BCUT2D eigenvalue weighted by Crippen LogP contribution is -2.18. The lowest BCUT2D eigenvalue weighted by atomic mass is 9.82. The zero-order valence-corrected chi connectivity index (χ0v) is 28.8. The molecule has 0 fully saturated rings. The fraction of sp³-hybridized carbons (Fsp3) is 0.125. The number of rotatable bonds is 4. The Morgan fingerprint density at radius 1 is 0.420 bits per heavy atom. The van der Waals surface area contributed by atoms with Crippen LogP contribution < -0.4 is 4.90 Å². The maximum Gasteiger partial charge on any atom is 0.137 e. The van der Waals surface area contributed by atoms with Gasteiger partial charge in [0.05, 0.1) is 11.1 Å². The predicted octanol–water partition coefficient (Wildman–Crippen LogP) is 13.3. The molecule has 0 unspecified atom stereocenters. The monoisotopic (exact) mass is 643 g/mol. The van der Waals surface area contributed by atoms with Gasteiger partial charge in [0.15, 0.2) is 0 Å². The Morgan fingerprint density at radius 3 is 1.60 bits per heavy atom. The first-order chi connectivity index (χ1) is 24.3. The topological polar surface area (TPSA) is 16.4 Å². The fourth-order valence-electron chi connectivity index (χ4n) is 8.89. The van der Waals surface area contributed by atoms with Gasteiger partial charge in [0, 0.05) is 27.6 Å².